The summed E-state index contributed by atoms with van der Waals surface area (Å²) in [5.74, 6) is 0.864. The van der Waals surface area contributed by atoms with E-state index in [1.807, 2.05) is 22.7 Å². The van der Waals surface area contributed by atoms with E-state index in [9.17, 15) is 4.79 Å². The molecule has 2 unspecified atom stereocenters. The molecule has 0 saturated heterocycles. The minimum atomic E-state index is 0.130. The summed E-state index contributed by atoms with van der Waals surface area (Å²) in [4.78, 5) is 18.7. The molecular formula is C19H28N4OS. The Kier molecular flexibility index (Phi) is 6.24. The van der Waals surface area contributed by atoms with E-state index in [2.05, 4.69) is 40.1 Å². The van der Waals surface area contributed by atoms with Crippen molar-refractivity contribution in [3.63, 3.8) is 0 Å². The van der Waals surface area contributed by atoms with Crippen molar-refractivity contribution in [2.75, 3.05) is 26.4 Å². The first-order valence-corrected chi connectivity index (χ1v) is 10.3. The van der Waals surface area contributed by atoms with Gasteiger partial charge in [0, 0.05) is 31.4 Å². The zero-order valence-corrected chi connectivity index (χ0v) is 15.9. The predicted molar refractivity (Wildman–Crippen MR) is 105 cm³/mol. The van der Waals surface area contributed by atoms with Crippen LogP contribution in [0.15, 0.2) is 29.3 Å². The Labute approximate surface area is 154 Å². The molecule has 1 saturated carbocycles. The second-order valence-electron chi connectivity index (χ2n) is 6.77. The van der Waals surface area contributed by atoms with Gasteiger partial charge in [0.15, 0.2) is 5.96 Å². The number of carbonyl (C=O) groups excluding carboxylic acids is 1. The fourth-order valence-electron chi connectivity index (χ4n) is 3.65. The van der Waals surface area contributed by atoms with Gasteiger partial charge >= 0.3 is 0 Å². The third kappa shape index (κ3) is 4.69. The molecule has 0 spiro atoms. The van der Waals surface area contributed by atoms with E-state index in [-0.39, 0.29) is 5.91 Å². The Bertz CT molecular complexity index is 634. The lowest BCUT2D eigenvalue weighted by atomic mass is 10.00. The van der Waals surface area contributed by atoms with Crippen LogP contribution in [0, 0.1) is 0 Å². The lowest BCUT2D eigenvalue weighted by Gasteiger charge is -2.29. The summed E-state index contributed by atoms with van der Waals surface area (Å²) in [6, 6.07) is 8.84. The molecule has 1 heterocycles. The molecule has 6 heteroatoms. The fraction of sp³-hybridized carbons (Fsp3) is 0.579. The van der Waals surface area contributed by atoms with Crippen LogP contribution in [0.25, 0.3) is 0 Å². The SMILES string of the molecule is CN=C(NCC(=O)N1CCc2ccccc2C1)NC1CCC(SC)C1. The molecular weight excluding hydrogens is 332 g/mol. The summed E-state index contributed by atoms with van der Waals surface area (Å²) in [5, 5.41) is 7.39. The van der Waals surface area contributed by atoms with Gasteiger partial charge in [-0.2, -0.15) is 11.8 Å². The first-order chi connectivity index (χ1) is 12.2. The Hall–Kier alpha value is -1.69. The zero-order chi connectivity index (χ0) is 17.6. The standard InChI is InChI=1S/C19H28N4OS/c1-20-19(22-16-7-8-17(11-16)25-2)21-12-18(24)23-10-9-14-5-3-4-6-15(14)13-23/h3-6,16-17H,7-13H2,1-2H3,(H2,20,21,22). The Balaban J connectivity index is 1.47. The van der Waals surface area contributed by atoms with Crippen molar-refractivity contribution in [2.24, 2.45) is 4.99 Å². The van der Waals surface area contributed by atoms with Gasteiger partial charge in [0.1, 0.15) is 0 Å². The van der Waals surface area contributed by atoms with Gasteiger partial charge in [-0.1, -0.05) is 24.3 Å². The van der Waals surface area contributed by atoms with E-state index in [0.29, 0.717) is 19.1 Å². The van der Waals surface area contributed by atoms with Crippen molar-refractivity contribution >= 4 is 23.6 Å². The van der Waals surface area contributed by atoms with E-state index >= 15 is 0 Å². The number of thioether (sulfide) groups is 1. The molecule has 1 fully saturated rings. The molecule has 3 rings (SSSR count). The molecule has 1 aliphatic carbocycles. The number of benzene rings is 1. The zero-order valence-electron chi connectivity index (χ0n) is 15.1. The van der Waals surface area contributed by atoms with Crippen LogP contribution in [0.2, 0.25) is 0 Å². The molecule has 0 aromatic heterocycles. The second kappa shape index (κ2) is 8.61. The highest BCUT2D eigenvalue weighted by atomic mass is 32.2. The van der Waals surface area contributed by atoms with Gasteiger partial charge in [-0.15, -0.1) is 0 Å². The minimum absolute atomic E-state index is 0.130. The molecule has 1 aromatic rings. The van der Waals surface area contributed by atoms with Gasteiger partial charge in [0.05, 0.1) is 6.54 Å². The molecule has 0 bridgehead atoms. The van der Waals surface area contributed by atoms with Gasteiger partial charge in [-0.25, -0.2) is 0 Å². The third-order valence-corrected chi connectivity index (χ3v) is 6.27. The smallest absolute Gasteiger partial charge is 0.242 e. The average Bonchev–Trinajstić information content (AvgIpc) is 3.12. The van der Waals surface area contributed by atoms with Gasteiger partial charge in [0.2, 0.25) is 5.91 Å². The first kappa shape index (κ1) is 18.1. The van der Waals surface area contributed by atoms with Gasteiger partial charge in [0.25, 0.3) is 0 Å². The van der Waals surface area contributed by atoms with Crippen LogP contribution in [0.1, 0.15) is 30.4 Å². The molecule has 2 aliphatic rings. The number of nitrogens with zero attached hydrogens (tertiary/aromatic N) is 2. The van der Waals surface area contributed by atoms with Crippen LogP contribution < -0.4 is 10.6 Å². The van der Waals surface area contributed by atoms with Crippen LogP contribution in [-0.4, -0.2) is 54.5 Å². The molecule has 1 aliphatic heterocycles. The van der Waals surface area contributed by atoms with Crippen LogP contribution in [-0.2, 0) is 17.8 Å². The molecule has 2 N–H and O–H groups in total. The summed E-state index contributed by atoms with van der Waals surface area (Å²) in [7, 11) is 1.76. The van der Waals surface area contributed by atoms with E-state index in [1.165, 1.54) is 30.4 Å². The molecule has 2 atom stereocenters. The number of carbonyl (C=O) groups is 1. The lowest BCUT2D eigenvalue weighted by Crippen LogP contribution is -2.48. The Morgan fingerprint density at radius 1 is 1.32 bits per heavy atom. The van der Waals surface area contributed by atoms with Crippen molar-refractivity contribution in [1.82, 2.24) is 15.5 Å². The quantitative estimate of drug-likeness (QED) is 0.637. The summed E-state index contributed by atoms with van der Waals surface area (Å²) >= 11 is 1.94. The number of aliphatic imine (C=N–C) groups is 1. The van der Waals surface area contributed by atoms with E-state index in [1.54, 1.807) is 7.05 Å². The highest BCUT2D eigenvalue weighted by Crippen LogP contribution is 2.28. The topological polar surface area (TPSA) is 56.7 Å². The molecule has 5 nitrogen and oxygen atoms in total. The summed E-state index contributed by atoms with van der Waals surface area (Å²) in [6.45, 7) is 1.79. The van der Waals surface area contributed by atoms with Crippen LogP contribution in [0.3, 0.4) is 0 Å². The predicted octanol–water partition coefficient (Wildman–Crippen LogP) is 2.02. The molecule has 0 radical (unpaired) electrons. The summed E-state index contributed by atoms with van der Waals surface area (Å²) in [5.41, 5.74) is 2.63. The fourth-order valence-corrected chi connectivity index (χ4v) is 4.45. The van der Waals surface area contributed by atoms with E-state index in [0.717, 1.165) is 24.2 Å². The molecule has 1 aromatic carbocycles. The van der Waals surface area contributed by atoms with E-state index in [4.69, 9.17) is 0 Å². The first-order valence-electron chi connectivity index (χ1n) is 9.04. The number of guanidine groups is 1. The summed E-state index contributed by atoms with van der Waals surface area (Å²) in [6.07, 6.45) is 6.70. The highest BCUT2D eigenvalue weighted by Gasteiger charge is 2.25. The van der Waals surface area contributed by atoms with Crippen LogP contribution >= 0.6 is 11.8 Å². The summed E-state index contributed by atoms with van der Waals surface area (Å²) < 4.78 is 0. The van der Waals surface area contributed by atoms with Crippen molar-refractivity contribution in [3.05, 3.63) is 35.4 Å². The normalized spacial score (nSPS) is 23.3. The van der Waals surface area contributed by atoms with Crippen molar-refractivity contribution in [1.29, 1.82) is 0 Å². The van der Waals surface area contributed by atoms with Gasteiger partial charge in [-0.05, 0) is 43.1 Å². The average molecular weight is 361 g/mol. The van der Waals surface area contributed by atoms with Crippen molar-refractivity contribution < 1.29 is 4.79 Å². The number of rotatable bonds is 4. The largest absolute Gasteiger partial charge is 0.354 e. The van der Waals surface area contributed by atoms with Gasteiger partial charge in [-0.3, -0.25) is 9.79 Å². The lowest BCUT2D eigenvalue weighted by molar-refractivity contribution is -0.130. The molecule has 1 amide bonds. The monoisotopic (exact) mass is 360 g/mol. The number of fused-ring (bicyclic) bond motifs is 1. The minimum Gasteiger partial charge on any atom is -0.354 e. The maximum Gasteiger partial charge on any atom is 0.242 e. The van der Waals surface area contributed by atoms with Crippen molar-refractivity contribution in [2.45, 2.75) is 43.5 Å². The van der Waals surface area contributed by atoms with Crippen molar-refractivity contribution in [3.8, 4) is 0 Å². The molecule has 136 valence electrons. The number of amides is 1. The molecule has 25 heavy (non-hydrogen) atoms. The van der Waals surface area contributed by atoms with Gasteiger partial charge < -0.3 is 15.5 Å². The third-order valence-electron chi connectivity index (χ3n) is 5.17. The van der Waals surface area contributed by atoms with Crippen LogP contribution in [0.5, 0.6) is 0 Å². The Morgan fingerprint density at radius 3 is 2.84 bits per heavy atom. The number of nitrogens with one attached hydrogen (secondary N) is 2. The second-order valence-corrected chi connectivity index (χ2v) is 7.91. The number of hydrogen-bond donors (Lipinski definition) is 2. The number of hydrogen-bond acceptors (Lipinski definition) is 3. The van der Waals surface area contributed by atoms with Crippen LogP contribution in [0.4, 0.5) is 0 Å². The Morgan fingerprint density at radius 2 is 2.12 bits per heavy atom. The maximum absolute atomic E-state index is 12.5. The highest BCUT2D eigenvalue weighted by molar-refractivity contribution is 7.99. The van der Waals surface area contributed by atoms with E-state index < -0.39 is 0 Å². The maximum atomic E-state index is 12.5.